The third-order valence-electron chi connectivity index (χ3n) is 0.348. The summed E-state index contributed by atoms with van der Waals surface area (Å²) in [5.74, 6) is -0.245. The van der Waals surface area contributed by atoms with Crippen molar-refractivity contribution in [2.45, 2.75) is 13.3 Å². The van der Waals surface area contributed by atoms with E-state index in [1.165, 1.54) is 0 Å². The fourth-order valence-electron chi connectivity index (χ4n) is 0. The first kappa shape index (κ1) is 10.7. The van der Waals surface area contributed by atoms with Crippen molar-refractivity contribution < 1.29 is 14.7 Å². The van der Waals surface area contributed by atoms with E-state index in [-0.39, 0.29) is 5.91 Å². The van der Waals surface area contributed by atoms with Gasteiger partial charge < -0.3 is 16.6 Å². The molecule has 0 bridgehead atoms. The van der Waals surface area contributed by atoms with Crippen LogP contribution in [0.4, 0.5) is 4.79 Å². The Balaban J connectivity index is 0. The van der Waals surface area contributed by atoms with Crippen LogP contribution in [-0.2, 0) is 4.79 Å². The minimum atomic E-state index is -1.33. The molecule has 0 fully saturated rings. The van der Waals surface area contributed by atoms with Gasteiger partial charge in [-0.1, -0.05) is 6.92 Å². The number of carboxylic acid groups (broad SMARTS) is 1. The maximum Gasteiger partial charge on any atom is 0.402 e. The molecule has 9 heavy (non-hydrogen) atoms. The van der Waals surface area contributed by atoms with E-state index in [4.69, 9.17) is 9.90 Å². The lowest BCUT2D eigenvalue weighted by atomic mass is 10.5. The summed E-state index contributed by atoms with van der Waals surface area (Å²) in [6.45, 7) is 1.72. The number of hydrogen-bond donors (Lipinski definition) is 3. The summed E-state index contributed by atoms with van der Waals surface area (Å²) < 4.78 is 0. The van der Waals surface area contributed by atoms with E-state index < -0.39 is 6.09 Å². The van der Waals surface area contributed by atoms with Gasteiger partial charge in [0.2, 0.25) is 5.91 Å². The molecule has 0 aliphatic rings. The molecular weight excluding hydrogens is 124 g/mol. The first-order valence-electron chi connectivity index (χ1n) is 2.27. The predicted octanol–water partition coefficient (Wildman–Crippen LogP) is -0.495. The number of nitrogens with two attached hydrogens (primary N) is 2. The molecule has 0 unspecified atom stereocenters. The number of hydrogen-bond acceptors (Lipinski definition) is 2. The molecule has 0 radical (unpaired) electrons. The number of carbonyl (C=O) groups is 2. The maximum absolute atomic E-state index is 9.59. The topological polar surface area (TPSA) is 106 Å². The molecule has 0 rings (SSSR count). The number of primary amides is 2. The van der Waals surface area contributed by atoms with Crippen molar-refractivity contribution in [3.8, 4) is 0 Å². The SMILES string of the molecule is CCC(N)=O.NC(=O)O. The first-order valence-corrected chi connectivity index (χ1v) is 2.27. The van der Waals surface area contributed by atoms with Crippen molar-refractivity contribution in [1.29, 1.82) is 0 Å². The number of rotatable bonds is 1. The van der Waals surface area contributed by atoms with Crippen LogP contribution in [0.25, 0.3) is 0 Å². The van der Waals surface area contributed by atoms with Gasteiger partial charge in [-0.3, -0.25) is 4.79 Å². The third-order valence-corrected chi connectivity index (χ3v) is 0.348. The van der Waals surface area contributed by atoms with E-state index in [0.717, 1.165) is 0 Å². The van der Waals surface area contributed by atoms with Gasteiger partial charge in [0, 0.05) is 6.42 Å². The van der Waals surface area contributed by atoms with Gasteiger partial charge >= 0.3 is 6.09 Å². The molecule has 5 nitrogen and oxygen atoms in total. The van der Waals surface area contributed by atoms with E-state index in [0.29, 0.717) is 6.42 Å². The van der Waals surface area contributed by atoms with Crippen molar-refractivity contribution >= 4 is 12.0 Å². The minimum Gasteiger partial charge on any atom is -0.465 e. The van der Waals surface area contributed by atoms with Crippen molar-refractivity contribution in [2.75, 3.05) is 0 Å². The second-order valence-corrected chi connectivity index (χ2v) is 1.16. The molecule has 0 aromatic heterocycles. The maximum atomic E-state index is 9.59. The van der Waals surface area contributed by atoms with Crippen LogP contribution >= 0.6 is 0 Å². The van der Waals surface area contributed by atoms with E-state index in [1.54, 1.807) is 6.92 Å². The van der Waals surface area contributed by atoms with Crippen LogP contribution in [0.2, 0.25) is 0 Å². The standard InChI is InChI=1S/C3H7NO.CH3NO2/c1-2-3(4)5;2-1(3)4/h2H2,1H3,(H2,4,5);2H2,(H,3,4). The summed E-state index contributed by atoms with van der Waals surface area (Å²) in [4.78, 5) is 18.4. The molecule has 0 heterocycles. The zero-order valence-corrected chi connectivity index (χ0v) is 5.13. The molecule has 54 valence electrons. The van der Waals surface area contributed by atoms with Crippen LogP contribution in [-0.4, -0.2) is 17.1 Å². The van der Waals surface area contributed by atoms with Gasteiger partial charge in [0.15, 0.2) is 0 Å². The van der Waals surface area contributed by atoms with Crippen LogP contribution < -0.4 is 11.5 Å². The highest BCUT2D eigenvalue weighted by Gasteiger charge is 1.77. The molecule has 0 aliphatic carbocycles. The Hall–Kier alpha value is -1.26. The number of carbonyl (C=O) groups excluding carboxylic acids is 1. The van der Waals surface area contributed by atoms with Gasteiger partial charge in [0.1, 0.15) is 0 Å². The third kappa shape index (κ3) is 277. The monoisotopic (exact) mass is 134 g/mol. The second kappa shape index (κ2) is 6.74. The van der Waals surface area contributed by atoms with Gasteiger partial charge in [-0.25, -0.2) is 4.79 Å². The molecule has 5 N–H and O–H groups in total. The lowest BCUT2D eigenvalue weighted by Gasteiger charge is -1.73. The Morgan fingerprint density at radius 3 is 1.56 bits per heavy atom. The highest BCUT2D eigenvalue weighted by molar-refractivity contribution is 5.73. The molecule has 5 heteroatoms. The van der Waals surface area contributed by atoms with Crippen LogP contribution in [0.3, 0.4) is 0 Å². The lowest BCUT2D eigenvalue weighted by molar-refractivity contribution is -0.117. The van der Waals surface area contributed by atoms with Crippen molar-refractivity contribution in [1.82, 2.24) is 0 Å². The smallest absolute Gasteiger partial charge is 0.402 e. The summed E-state index contributed by atoms with van der Waals surface area (Å²) in [6.07, 6.45) is -0.889. The molecule has 2 amide bonds. The Labute approximate surface area is 52.6 Å². The Kier molecular flexibility index (Phi) is 7.99. The van der Waals surface area contributed by atoms with E-state index in [1.807, 2.05) is 0 Å². The fraction of sp³-hybridized carbons (Fsp3) is 0.500. The quantitative estimate of drug-likeness (QED) is 0.450. The zero-order chi connectivity index (χ0) is 7.86. The van der Waals surface area contributed by atoms with Crippen LogP contribution in [0.5, 0.6) is 0 Å². The molecule has 0 spiro atoms. The van der Waals surface area contributed by atoms with Gasteiger partial charge in [-0.2, -0.15) is 0 Å². The van der Waals surface area contributed by atoms with E-state index >= 15 is 0 Å². The first-order chi connectivity index (χ1) is 4.00. The molecule has 0 aromatic rings. The number of amides is 2. The minimum absolute atomic E-state index is 0.245. The summed E-state index contributed by atoms with van der Waals surface area (Å²) in [6, 6.07) is 0. The molecule has 0 aliphatic heterocycles. The second-order valence-electron chi connectivity index (χ2n) is 1.16. The van der Waals surface area contributed by atoms with Crippen LogP contribution in [0, 0.1) is 0 Å². The van der Waals surface area contributed by atoms with Crippen LogP contribution in [0.1, 0.15) is 13.3 Å². The largest absolute Gasteiger partial charge is 0.465 e. The predicted molar refractivity (Wildman–Crippen MR) is 31.7 cm³/mol. The summed E-state index contributed by atoms with van der Waals surface area (Å²) in [5, 5.41) is 7.19. The molecular formula is C4H10N2O3. The molecule has 0 saturated heterocycles. The summed E-state index contributed by atoms with van der Waals surface area (Å²) in [7, 11) is 0. The zero-order valence-electron chi connectivity index (χ0n) is 5.13. The molecule has 0 saturated carbocycles. The van der Waals surface area contributed by atoms with Gasteiger partial charge in [-0.05, 0) is 0 Å². The highest BCUT2D eigenvalue weighted by Crippen LogP contribution is 1.63. The fourth-order valence-corrected chi connectivity index (χ4v) is 0. The molecule has 0 aromatic carbocycles. The summed E-state index contributed by atoms with van der Waals surface area (Å²) >= 11 is 0. The Morgan fingerprint density at radius 2 is 1.56 bits per heavy atom. The van der Waals surface area contributed by atoms with Crippen LogP contribution in [0.15, 0.2) is 0 Å². The lowest BCUT2D eigenvalue weighted by Crippen LogP contribution is -2.06. The Bertz CT molecular complexity index is 98.0. The van der Waals surface area contributed by atoms with Crippen molar-refractivity contribution in [3.63, 3.8) is 0 Å². The average Bonchev–Trinajstić information content (AvgIpc) is 1.65. The highest BCUT2D eigenvalue weighted by atomic mass is 16.4. The normalized spacial score (nSPS) is 6.78. The van der Waals surface area contributed by atoms with Gasteiger partial charge in [0.25, 0.3) is 0 Å². The van der Waals surface area contributed by atoms with Gasteiger partial charge in [-0.15, -0.1) is 0 Å². The molecule has 0 atom stereocenters. The average molecular weight is 134 g/mol. The van der Waals surface area contributed by atoms with Gasteiger partial charge in [0.05, 0.1) is 0 Å². The van der Waals surface area contributed by atoms with Crippen molar-refractivity contribution in [2.24, 2.45) is 11.5 Å². The van der Waals surface area contributed by atoms with E-state index in [9.17, 15) is 4.79 Å². The van der Waals surface area contributed by atoms with Crippen molar-refractivity contribution in [3.05, 3.63) is 0 Å². The van der Waals surface area contributed by atoms with E-state index in [2.05, 4.69) is 11.5 Å². The summed E-state index contributed by atoms with van der Waals surface area (Å²) in [5.41, 5.74) is 8.68. The Morgan fingerprint density at radius 1 is 1.44 bits per heavy atom.